The van der Waals surface area contributed by atoms with Gasteiger partial charge in [-0.1, -0.05) is 67.0 Å². The van der Waals surface area contributed by atoms with Crippen molar-refractivity contribution >= 4 is 46.6 Å². The number of piperidine rings is 2. The molecule has 0 aliphatic carbocycles. The Morgan fingerprint density at radius 2 is 1.11 bits per heavy atom. The number of carbonyl (C=O) groups is 1. The van der Waals surface area contributed by atoms with Crippen molar-refractivity contribution in [3.8, 4) is 33.8 Å². The van der Waals surface area contributed by atoms with Crippen LogP contribution in [0.5, 0.6) is 11.5 Å². The minimum Gasteiger partial charge on any atom is -0.496 e. The fourth-order valence-electron chi connectivity index (χ4n) is 8.21. The summed E-state index contributed by atoms with van der Waals surface area (Å²) in [6, 6.07) is 29.4. The molecule has 0 saturated carbocycles. The second kappa shape index (κ2) is 18.6. The third kappa shape index (κ3) is 9.39. The summed E-state index contributed by atoms with van der Waals surface area (Å²) in [6.45, 7) is 5.78. The van der Waals surface area contributed by atoms with E-state index in [4.69, 9.17) is 26.7 Å². The van der Waals surface area contributed by atoms with Crippen LogP contribution in [0, 0.1) is 5.92 Å². The predicted molar refractivity (Wildman–Crippen MR) is 234 cm³/mol. The minimum absolute atomic E-state index is 0.329. The molecule has 11 heteroatoms. The number of anilines is 2. The van der Waals surface area contributed by atoms with Gasteiger partial charge in [0, 0.05) is 64.6 Å². The molecule has 10 nitrogen and oxygen atoms in total. The number of rotatable bonds is 11. The van der Waals surface area contributed by atoms with Crippen LogP contribution in [-0.4, -0.2) is 79.7 Å². The Bertz CT molecular complexity index is 2280. The third-order valence-corrected chi connectivity index (χ3v) is 11.5. The van der Waals surface area contributed by atoms with E-state index in [9.17, 15) is 4.79 Å². The standard InChI is InChI=1S/C24H27BN3O2.C22H26N4O/c1-30-23-12-21-20(22(14-27-24(21)26)18-5-3-2-4-6-18)11-19(23)15-28-9-7-17(8-10-28)13-25-16-29;1-27-21-12-19-18(11-16(21)14-26-9-7-17(23)8-10-26)20(13-25-22(19)24)15-5-3-2-4-6-15/h2-6,11-12,14,16-17H,7-10,13,15H2,1H3,(H2,26,27);2-6,11-13,17H,7-10,14,23H2,1H3,(H2,24,25). The molecule has 6 N–H and O–H groups in total. The molecule has 2 fully saturated rings. The Labute approximate surface area is 336 Å². The van der Waals surface area contributed by atoms with Gasteiger partial charge in [0.05, 0.1) is 20.4 Å². The second-order valence-corrected chi connectivity index (χ2v) is 15.2. The second-order valence-electron chi connectivity index (χ2n) is 15.2. The molecule has 293 valence electrons. The van der Waals surface area contributed by atoms with Gasteiger partial charge in [0.25, 0.3) is 0 Å². The average Bonchev–Trinajstić information content (AvgIpc) is 3.25. The van der Waals surface area contributed by atoms with Crippen LogP contribution >= 0.6 is 0 Å². The Kier molecular flexibility index (Phi) is 13.0. The Balaban J connectivity index is 0.000000175. The largest absolute Gasteiger partial charge is 0.496 e. The number of pyridine rings is 2. The van der Waals surface area contributed by atoms with Crippen LogP contribution in [0.4, 0.5) is 11.6 Å². The fraction of sp³-hybridized carbons (Fsp3) is 0.326. The maximum absolute atomic E-state index is 10.6. The summed E-state index contributed by atoms with van der Waals surface area (Å²) in [6.07, 6.45) is 9.85. The monoisotopic (exact) mass is 762 g/mol. The highest BCUT2D eigenvalue weighted by Crippen LogP contribution is 2.38. The van der Waals surface area contributed by atoms with Crippen molar-refractivity contribution in [1.29, 1.82) is 0 Å². The van der Waals surface area contributed by atoms with Crippen molar-refractivity contribution < 1.29 is 14.3 Å². The van der Waals surface area contributed by atoms with Gasteiger partial charge in [0.1, 0.15) is 23.1 Å². The molecule has 0 atom stereocenters. The fourth-order valence-corrected chi connectivity index (χ4v) is 8.21. The van der Waals surface area contributed by atoms with Crippen LogP contribution in [0.25, 0.3) is 43.8 Å². The molecule has 0 bridgehead atoms. The molecule has 2 aromatic heterocycles. The summed E-state index contributed by atoms with van der Waals surface area (Å²) in [7, 11) is 5.16. The van der Waals surface area contributed by atoms with Crippen molar-refractivity contribution in [2.24, 2.45) is 11.7 Å². The lowest BCUT2D eigenvalue weighted by atomic mass is 9.69. The number of hydrogen-bond donors (Lipinski definition) is 3. The lowest BCUT2D eigenvalue weighted by Crippen LogP contribution is -2.39. The van der Waals surface area contributed by atoms with Gasteiger partial charge >= 0.3 is 0 Å². The number of benzene rings is 4. The summed E-state index contributed by atoms with van der Waals surface area (Å²) < 4.78 is 11.4. The van der Waals surface area contributed by atoms with Crippen LogP contribution in [0.15, 0.2) is 97.3 Å². The molecule has 4 heterocycles. The molecule has 2 aliphatic heterocycles. The molecule has 8 rings (SSSR count). The zero-order chi connectivity index (χ0) is 39.7. The van der Waals surface area contributed by atoms with Crippen LogP contribution in [0.3, 0.4) is 0 Å². The molecular weight excluding hydrogens is 709 g/mol. The SMILES string of the molecule is COc1cc2c(N)ncc(-c3ccccc3)c2cc1CN1CCC(C[B]C=O)CC1.COc1cc2c(N)ncc(-c3ccccc3)c2cc1CN1CCC(N)CC1. The average molecular weight is 763 g/mol. The first-order valence-electron chi connectivity index (χ1n) is 19.9. The summed E-state index contributed by atoms with van der Waals surface area (Å²) in [5.41, 5.74) is 25.2. The molecule has 0 spiro atoms. The van der Waals surface area contributed by atoms with Crippen molar-refractivity contribution in [2.45, 2.75) is 51.1 Å². The van der Waals surface area contributed by atoms with E-state index in [2.05, 4.69) is 56.2 Å². The third-order valence-electron chi connectivity index (χ3n) is 11.5. The number of nitrogens with two attached hydrogens (primary N) is 3. The molecule has 0 amide bonds. The van der Waals surface area contributed by atoms with E-state index < -0.39 is 0 Å². The summed E-state index contributed by atoms with van der Waals surface area (Å²) in [5, 5.41) is 4.05. The topological polar surface area (TPSA) is 146 Å². The van der Waals surface area contributed by atoms with E-state index in [0.29, 0.717) is 23.6 Å². The zero-order valence-corrected chi connectivity index (χ0v) is 33.1. The van der Waals surface area contributed by atoms with Gasteiger partial charge in [-0.2, -0.15) is 0 Å². The molecule has 2 aliphatic rings. The number of fused-ring (bicyclic) bond motifs is 2. The molecule has 0 unspecified atom stereocenters. The number of hydrogen-bond acceptors (Lipinski definition) is 10. The van der Waals surface area contributed by atoms with Gasteiger partial charge < -0.3 is 31.5 Å². The summed E-state index contributed by atoms with van der Waals surface area (Å²) in [4.78, 5) is 24.3. The van der Waals surface area contributed by atoms with Crippen molar-refractivity contribution in [3.05, 3.63) is 108 Å². The first-order chi connectivity index (χ1) is 27.8. The van der Waals surface area contributed by atoms with E-state index in [-0.39, 0.29) is 0 Å². The maximum atomic E-state index is 10.6. The van der Waals surface area contributed by atoms with Gasteiger partial charge in [-0.05, 0) is 104 Å². The van der Waals surface area contributed by atoms with E-state index in [1.807, 2.05) is 60.9 Å². The number of likely N-dealkylation sites (tertiary alicyclic amines) is 2. The lowest BCUT2D eigenvalue weighted by molar-refractivity contribution is 0.183. The van der Waals surface area contributed by atoms with Gasteiger partial charge in [-0.3, -0.25) is 9.80 Å². The molecular formula is C46H53BN7O3. The number of nitrogen functional groups attached to an aromatic ring is 2. The zero-order valence-electron chi connectivity index (χ0n) is 33.1. The number of carbonyl (C=O) groups excluding carboxylic acids is 1. The van der Waals surface area contributed by atoms with E-state index in [1.165, 1.54) is 5.56 Å². The smallest absolute Gasteiger partial charge is 0.197 e. The first kappa shape index (κ1) is 39.7. The van der Waals surface area contributed by atoms with Gasteiger partial charge in [-0.15, -0.1) is 0 Å². The number of ether oxygens (including phenoxy) is 2. The van der Waals surface area contributed by atoms with E-state index in [1.54, 1.807) is 21.5 Å². The van der Waals surface area contributed by atoms with Crippen LogP contribution in [0.2, 0.25) is 6.32 Å². The van der Waals surface area contributed by atoms with E-state index in [0.717, 1.165) is 138 Å². The van der Waals surface area contributed by atoms with Crippen LogP contribution in [0.1, 0.15) is 36.8 Å². The Morgan fingerprint density at radius 1 is 0.667 bits per heavy atom. The summed E-state index contributed by atoms with van der Waals surface area (Å²) in [5.74, 6) is 3.36. The number of nitrogens with zero attached hydrogens (tertiary/aromatic N) is 4. The van der Waals surface area contributed by atoms with Gasteiger partial charge in [0.15, 0.2) is 7.28 Å². The number of methoxy groups -OCH3 is 2. The lowest BCUT2D eigenvalue weighted by Gasteiger charge is -2.32. The predicted octanol–water partition coefficient (Wildman–Crippen LogP) is 7.43. The normalized spacial score (nSPS) is 15.6. The molecule has 4 aromatic carbocycles. The minimum atomic E-state index is 0.329. The molecule has 6 aromatic rings. The van der Waals surface area contributed by atoms with Crippen LogP contribution in [-0.2, 0) is 17.9 Å². The number of aromatic nitrogens is 2. The Morgan fingerprint density at radius 3 is 1.53 bits per heavy atom. The van der Waals surface area contributed by atoms with Gasteiger partial charge in [-0.25, -0.2) is 9.97 Å². The molecule has 1 radical (unpaired) electrons. The van der Waals surface area contributed by atoms with Gasteiger partial charge in [0.2, 0.25) is 0 Å². The van der Waals surface area contributed by atoms with E-state index >= 15 is 0 Å². The van der Waals surface area contributed by atoms with Crippen molar-refractivity contribution in [2.75, 3.05) is 51.9 Å². The van der Waals surface area contributed by atoms with Crippen molar-refractivity contribution in [3.63, 3.8) is 0 Å². The molecule has 57 heavy (non-hydrogen) atoms. The molecule has 2 saturated heterocycles. The quantitative estimate of drug-likeness (QED) is 0.0900. The summed E-state index contributed by atoms with van der Waals surface area (Å²) >= 11 is 0. The highest BCUT2D eigenvalue weighted by Gasteiger charge is 2.22. The van der Waals surface area contributed by atoms with Crippen molar-refractivity contribution in [1.82, 2.24) is 19.8 Å². The first-order valence-corrected chi connectivity index (χ1v) is 19.9. The highest BCUT2D eigenvalue weighted by molar-refractivity contribution is 6.66. The van der Waals surface area contributed by atoms with Crippen LogP contribution < -0.4 is 26.7 Å². The maximum Gasteiger partial charge on any atom is 0.197 e. The Hall–Kier alpha value is -5.49. The highest BCUT2D eigenvalue weighted by atomic mass is 16.5.